The molecule has 0 saturated carbocycles. The maximum absolute atomic E-state index is 12.2. The van der Waals surface area contributed by atoms with Gasteiger partial charge in [0, 0.05) is 39.5 Å². The summed E-state index contributed by atoms with van der Waals surface area (Å²) in [6.07, 6.45) is 0. The Bertz CT molecular complexity index is 682. The molecule has 6 nitrogen and oxygen atoms in total. The Morgan fingerprint density at radius 2 is 1.65 bits per heavy atom. The summed E-state index contributed by atoms with van der Waals surface area (Å²) in [6, 6.07) is 7.90. The zero-order valence-corrected chi connectivity index (χ0v) is 13.2. The number of nitrogens with two attached hydrogens (primary N) is 1. The first-order valence-corrected chi connectivity index (χ1v) is 7.10. The Balaban J connectivity index is 0.00000200. The van der Waals surface area contributed by atoms with Crippen molar-refractivity contribution in [3.05, 3.63) is 41.7 Å². The van der Waals surface area contributed by atoms with Gasteiger partial charge in [0.15, 0.2) is 0 Å². The number of benzene rings is 1. The van der Waals surface area contributed by atoms with Gasteiger partial charge in [-0.25, -0.2) is 18.9 Å². The number of hydrogen-bond acceptors (Lipinski definition) is 4. The molecular formula is C12H15AgN4O2S+. The van der Waals surface area contributed by atoms with E-state index in [-0.39, 0.29) is 33.2 Å². The van der Waals surface area contributed by atoms with Gasteiger partial charge in [-0.1, -0.05) is 0 Å². The van der Waals surface area contributed by atoms with Crippen molar-refractivity contribution in [1.29, 1.82) is 0 Å². The molecule has 0 spiro atoms. The van der Waals surface area contributed by atoms with Crippen LogP contribution >= 0.6 is 0 Å². The van der Waals surface area contributed by atoms with Crippen LogP contribution in [0, 0.1) is 13.8 Å². The maximum Gasteiger partial charge on any atom is 0.398 e. The zero-order valence-electron chi connectivity index (χ0n) is 10.9. The summed E-state index contributed by atoms with van der Waals surface area (Å²) in [5.41, 5.74) is 7.52. The minimum atomic E-state index is -3.44. The van der Waals surface area contributed by atoms with Crippen molar-refractivity contribution < 1.29 is 30.8 Å². The van der Waals surface area contributed by atoms with Gasteiger partial charge in [-0.15, -0.1) is 0 Å². The molecule has 2 rings (SSSR count). The van der Waals surface area contributed by atoms with Gasteiger partial charge in [-0.2, -0.15) is 4.21 Å². The van der Waals surface area contributed by atoms with Crippen LogP contribution in [0.25, 0.3) is 0 Å². The van der Waals surface area contributed by atoms with Crippen LogP contribution in [0.4, 0.5) is 11.6 Å². The molecule has 1 aromatic carbocycles. The summed E-state index contributed by atoms with van der Waals surface area (Å²) < 4.78 is 24.7. The monoisotopic (exact) mass is 386 g/mol. The van der Waals surface area contributed by atoms with Crippen LogP contribution in [-0.4, -0.2) is 18.4 Å². The van der Waals surface area contributed by atoms with E-state index in [1.807, 2.05) is 0 Å². The van der Waals surface area contributed by atoms with E-state index in [1.165, 1.54) is 12.1 Å². The average Bonchev–Trinajstić information content (AvgIpc) is 2.27. The summed E-state index contributed by atoms with van der Waals surface area (Å²) in [5.74, 6) is 0.127. The molecular weight excluding hydrogens is 372 g/mol. The molecule has 0 aliphatic heterocycles. The maximum atomic E-state index is 12.2. The predicted octanol–water partition coefficient (Wildman–Crippen LogP) is 1.63. The molecule has 1 heterocycles. The Hall–Kier alpha value is -1.41. The van der Waals surface area contributed by atoms with E-state index in [4.69, 9.17) is 5.73 Å². The summed E-state index contributed by atoms with van der Waals surface area (Å²) in [4.78, 5) is 8.38. The third-order valence-electron chi connectivity index (χ3n) is 2.41. The van der Waals surface area contributed by atoms with Crippen molar-refractivity contribution >= 4 is 21.7 Å². The van der Waals surface area contributed by atoms with Gasteiger partial charge in [0.25, 0.3) is 0 Å². The van der Waals surface area contributed by atoms with Crippen molar-refractivity contribution in [1.82, 2.24) is 9.97 Å². The third-order valence-corrected chi connectivity index (χ3v) is 3.78. The molecule has 1 unspecified atom stereocenters. The van der Waals surface area contributed by atoms with E-state index < -0.39 is 10.0 Å². The smallest absolute Gasteiger partial charge is 0.398 e. The van der Waals surface area contributed by atoms with Crippen LogP contribution in [0.3, 0.4) is 0 Å². The molecule has 0 saturated heterocycles. The first-order valence-electron chi connectivity index (χ1n) is 5.59. The predicted molar refractivity (Wildman–Crippen MR) is 74.3 cm³/mol. The SMILES string of the molecule is Cc1cc(C)nc(NS(=O)(=[OH+])c2ccc(N)cc2)n1.[Ag]. The Labute approximate surface area is 133 Å². The number of nitrogens with one attached hydrogen (secondary N) is 1. The van der Waals surface area contributed by atoms with Crippen LogP contribution < -0.4 is 10.5 Å². The second-order valence-electron chi connectivity index (χ2n) is 4.17. The quantitative estimate of drug-likeness (QED) is 0.475. The van der Waals surface area contributed by atoms with Gasteiger partial charge < -0.3 is 5.73 Å². The second-order valence-corrected chi connectivity index (χ2v) is 5.90. The van der Waals surface area contributed by atoms with Gasteiger partial charge in [0.1, 0.15) is 4.90 Å². The fourth-order valence-corrected chi connectivity index (χ4v) is 2.57. The number of aryl methyl sites for hydroxylation is 2. The summed E-state index contributed by atoms with van der Waals surface area (Å²) in [7, 11) is -3.44. The number of anilines is 2. The summed E-state index contributed by atoms with van der Waals surface area (Å²) in [5, 5.41) is 0. The molecule has 0 bridgehead atoms. The molecule has 1 atom stereocenters. The molecule has 0 amide bonds. The normalized spacial score (nSPS) is 13.1. The first kappa shape index (κ1) is 16.6. The largest absolute Gasteiger partial charge is 0.399 e. The number of rotatable bonds is 3. The fourth-order valence-electron chi connectivity index (χ4n) is 1.61. The Morgan fingerprint density at radius 1 is 1.15 bits per heavy atom. The van der Waals surface area contributed by atoms with E-state index in [1.54, 1.807) is 32.0 Å². The number of nitrogens with zero attached hydrogens (tertiary/aromatic N) is 2. The van der Waals surface area contributed by atoms with E-state index in [2.05, 4.69) is 14.7 Å². The fraction of sp³-hybridized carbons (Fsp3) is 0.167. The van der Waals surface area contributed by atoms with Crippen LogP contribution in [-0.2, 0) is 32.4 Å². The van der Waals surface area contributed by atoms with Crippen molar-refractivity contribution in [3.8, 4) is 0 Å². The molecule has 0 fully saturated rings. The molecule has 111 valence electrons. The van der Waals surface area contributed by atoms with Crippen molar-refractivity contribution in [3.63, 3.8) is 0 Å². The first-order chi connectivity index (χ1) is 8.87. The second kappa shape index (κ2) is 6.36. The van der Waals surface area contributed by atoms with Gasteiger partial charge in [-0.05, 0) is 44.2 Å². The zero-order chi connectivity index (χ0) is 14.0. The molecule has 0 aliphatic rings. The summed E-state index contributed by atoms with van der Waals surface area (Å²) in [6.45, 7) is 3.59. The van der Waals surface area contributed by atoms with E-state index >= 15 is 0 Å². The van der Waals surface area contributed by atoms with E-state index in [0.717, 1.165) is 11.4 Å². The molecule has 1 aromatic heterocycles. The van der Waals surface area contributed by atoms with Gasteiger partial charge in [0.2, 0.25) is 5.95 Å². The summed E-state index contributed by atoms with van der Waals surface area (Å²) >= 11 is 0. The minimum absolute atomic E-state index is 0. The van der Waals surface area contributed by atoms with Gasteiger partial charge in [0.05, 0.1) is 0 Å². The minimum Gasteiger partial charge on any atom is -0.399 e. The van der Waals surface area contributed by atoms with Gasteiger partial charge in [-0.3, -0.25) is 0 Å². The van der Waals surface area contributed by atoms with Crippen molar-refractivity contribution in [2.75, 3.05) is 10.5 Å². The average molecular weight is 387 g/mol. The molecule has 0 aliphatic carbocycles. The van der Waals surface area contributed by atoms with Crippen LogP contribution in [0.15, 0.2) is 35.2 Å². The van der Waals surface area contributed by atoms with Crippen molar-refractivity contribution in [2.45, 2.75) is 18.7 Å². The van der Waals surface area contributed by atoms with Crippen LogP contribution in [0.5, 0.6) is 0 Å². The van der Waals surface area contributed by atoms with Gasteiger partial charge >= 0.3 is 10.0 Å². The number of aromatic nitrogens is 2. The van der Waals surface area contributed by atoms with E-state index in [0.29, 0.717) is 5.69 Å². The van der Waals surface area contributed by atoms with E-state index in [9.17, 15) is 8.42 Å². The Kier molecular flexibility index (Phi) is 5.29. The van der Waals surface area contributed by atoms with Crippen molar-refractivity contribution in [2.24, 2.45) is 0 Å². The molecule has 1 radical (unpaired) electrons. The van der Waals surface area contributed by atoms with Crippen LogP contribution in [0.1, 0.15) is 11.4 Å². The third kappa shape index (κ3) is 4.04. The topological polar surface area (TPSA) is 102 Å². The Morgan fingerprint density at radius 3 is 2.15 bits per heavy atom. The number of nitrogen functional groups attached to an aromatic ring is 1. The molecule has 2 aromatic rings. The van der Waals surface area contributed by atoms with Crippen LogP contribution in [0.2, 0.25) is 0 Å². The molecule has 8 heteroatoms. The molecule has 20 heavy (non-hydrogen) atoms. The molecule has 4 N–H and O–H groups in total. The standard InChI is InChI=1S/C12H14N4O2S.Ag/c1-8-7-9(2)15-12(14-8)16-19(17,18)11-5-3-10(13)4-6-11;/h3-7H,13H2,1-2H3,(H,14,15,16,17,18);/p+1. The number of hydrogen-bond donors (Lipinski definition) is 2.